The molecule has 0 saturated carbocycles. The van der Waals surface area contributed by atoms with Crippen molar-refractivity contribution in [3.8, 4) is 0 Å². The van der Waals surface area contributed by atoms with Gasteiger partial charge in [0.25, 0.3) is 0 Å². The number of carbonyl (C=O) groups is 4. The average Bonchev–Trinajstić information content (AvgIpc) is 3.68. The third-order valence-corrected chi connectivity index (χ3v) is 6.75. The van der Waals surface area contributed by atoms with Crippen LogP contribution in [-0.4, -0.2) is 54.0 Å². The van der Waals surface area contributed by atoms with Crippen molar-refractivity contribution in [3.63, 3.8) is 0 Å². The molecule has 0 bridgehead atoms. The molecule has 3 amide bonds. The predicted molar refractivity (Wildman–Crippen MR) is 142 cm³/mol. The second-order valence-electron chi connectivity index (χ2n) is 9.93. The van der Waals surface area contributed by atoms with Crippen molar-refractivity contribution >= 4 is 23.7 Å². The van der Waals surface area contributed by atoms with Crippen LogP contribution in [-0.2, 0) is 36.9 Å². The zero-order chi connectivity index (χ0) is 27.7. The smallest absolute Gasteiger partial charge is 0.408 e. The molecule has 1 heterocycles. The Morgan fingerprint density at radius 3 is 2.03 bits per heavy atom. The van der Waals surface area contributed by atoms with Crippen LogP contribution in [0.1, 0.15) is 45.2 Å². The van der Waals surface area contributed by atoms with Crippen molar-refractivity contribution in [1.29, 1.82) is 0 Å². The Bertz CT molecular complexity index is 1100. The van der Waals surface area contributed by atoms with Crippen molar-refractivity contribution in [3.05, 3.63) is 71.8 Å². The van der Waals surface area contributed by atoms with E-state index >= 15 is 0 Å². The Morgan fingerprint density at radius 2 is 1.47 bits per heavy atom. The molecule has 0 aliphatic carbocycles. The van der Waals surface area contributed by atoms with Crippen molar-refractivity contribution in [2.75, 3.05) is 6.61 Å². The van der Waals surface area contributed by atoms with E-state index in [1.165, 1.54) is 6.92 Å². The average molecular weight is 524 g/mol. The Morgan fingerprint density at radius 1 is 0.895 bits per heavy atom. The van der Waals surface area contributed by atoms with Gasteiger partial charge in [0.05, 0.1) is 12.6 Å². The molecule has 1 aliphatic rings. The molecule has 0 spiro atoms. The SMILES string of the molecule is CCC(C)C(NC(=O)[C@H](Cc1ccccc1)NC(=O)C(C)NC(=O)OCc1ccccc1)C(=O)C1(C)CO1. The van der Waals surface area contributed by atoms with Crippen molar-refractivity contribution < 1.29 is 28.7 Å². The van der Waals surface area contributed by atoms with Gasteiger partial charge < -0.3 is 25.4 Å². The second-order valence-corrected chi connectivity index (χ2v) is 9.93. The minimum Gasteiger partial charge on any atom is -0.445 e. The molecule has 9 heteroatoms. The standard InChI is InChI=1S/C29H37N3O6/c1-5-19(2)24(25(33)29(4)18-38-29)32-27(35)23(16-21-12-8-6-9-13-21)31-26(34)20(3)30-28(36)37-17-22-14-10-7-11-15-22/h6-15,19-20,23-24H,5,16-18H2,1-4H3,(H,30,36)(H,31,34)(H,32,35)/t19?,20?,23-,24?,29?/m0/s1. The van der Waals surface area contributed by atoms with Crippen LogP contribution in [0.4, 0.5) is 4.79 Å². The molecule has 1 saturated heterocycles. The fourth-order valence-corrected chi connectivity index (χ4v) is 3.90. The van der Waals surface area contributed by atoms with Crippen LogP contribution in [0.25, 0.3) is 0 Å². The summed E-state index contributed by atoms with van der Waals surface area (Å²) in [4.78, 5) is 51.7. The molecule has 3 N–H and O–H groups in total. The second kappa shape index (κ2) is 13.2. The quantitative estimate of drug-likeness (QED) is 0.347. The number of carbonyl (C=O) groups excluding carboxylic acids is 4. The van der Waals surface area contributed by atoms with E-state index in [2.05, 4.69) is 16.0 Å². The molecule has 2 aromatic rings. The van der Waals surface area contributed by atoms with Gasteiger partial charge in [-0.3, -0.25) is 14.4 Å². The number of rotatable bonds is 13. The van der Waals surface area contributed by atoms with Gasteiger partial charge in [0.2, 0.25) is 11.8 Å². The van der Waals surface area contributed by atoms with Gasteiger partial charge in [0.1, 0.15) is 24.3 Å². The van der Waals surface area contributed by atoms with E-state index in [9.17, 15) is 19.2 Å². The number of Topliss-reactive ketones (excluding diaryl/α,β-unsaturated/α-hetero) is 1. The molecule has 0 radical (unpaired) electrons. The maximum absolute atomic E-state index is 13.4. The summed E-state index contributed by atoms with van der Waals surface area (Å²) in [6, 6.07) is 15.7. The molecule has 2 aromatic carbocycles. The van der Waals surface area contributed by atoms with Crippen molar-refractivity contribution in [2.24, 2.45) is 5.92 Å². The van der Waals surface area contributed by atoms with Gasteiger partial charge in [-0.1, -0.05) is 80.9 Å². The molecule has 38 heavy (non-hydrogen) atoms. The van der Waals surface area contributed by atoms with Crippen LogP contribution in [0.3, 0.4) is 0 Å². The molecule has 4 unspecified atom stereocenters. The highest BCUT2D eigenvalue weighted by Crippen LogP contribution is 2.30. The summed E-state index contributed by atoms with van der Waals surface area (Å²) in [5, 5.41) is 8.10. The number of hydrogen-bond donors (Lipinski definition) is 3. The number of alkyl carbamates (subject to hydrolysis) is 1. The summed E-state index contributed by atoms with van der Waals surface area (Å²) in [6.07, 6.45) is 0.133. The van der Waals surface area contributed by atoms with Crippen LogP contribution in [0.2, 0.25) is 0 Å². The molecule has 0 aromatic heterocycles. The predicted octanol–water partition coefficient (Wildman–Crippen LogP) is 2.92. The van der Waals surface area contributed by atoms with E-state index in [0.717, 1.165) is 11.1 Å². The highest BCUT2D eigenvalue weighted by Gasteiger charge is 2.51. The highest BCUT2D eigenvalue weighted by molar-refractivity contribution is 5.98. The zero-order valence-electron chi connectivity index (χ0n) is 22.4. The fraction of sp³-hybridized carbons (Fsp3) is 0.448. The largest absolute Gasteiger partial charge is 0.445 e. The fourth-order valence-electron chi connectivity index (χ4n) is 3.90. The van der Waals surface area contributed by atoms with Gasteiger partial charge in [0.15, 0.2) is 5.78 Å². The number of epoxide rings is 1. The summed E-state index contributed by atoms with van der Waals surface area (Å²) in [6.45, 7) is 7.45. The molecule has 1 aliphatic heterocycles. The van der Waals surface area contributed by atoms with E-state index in [0.29, 0.717) is 13.0 Å². The first-order valence-electron chi connectivity index (χ1n) is 12.9. The number of benzene rings is 2. The number of hydrogen-bond acceptors (Lipinski definition) is 6. The first kappa shape index (κ1) is 28.8. The van der Waals surface area contributed by atoms with Crippen LogP contribution < -0.4 is 16.0 Å². The molecular weight excluding hydrogens is 486 g/mol. The Kier molecular flexibility index (Phi) is 10.0. The van der Waals surface area contributed by atoms with Crippen molar-refractivity contribution in [2.45, 2.75) is 70.9 Å². The Balaban J connectivity index is 1.66. The molecule has 3 rings (SSSR count). The van der Waals surface area contributed by atoms with Gasteiger partial charge in [-0.25, -0.2) is 4.79 Å². The van der Waals surface area contributed by atoms with Crippen LogP contribution >= 0.6 is 0 Å². The van der Waals surface area contributed by atoms with E-state index in [-0.39, 0.29) is 24.7 Å². The van der Waals surface area contributed by atoms with Crippen LogP contribution in [0, 0.1) is 5.92 Å². The van der Waals surface area contributed by atoms with Gasteiger partial charge >= 0.3 is 6.09 Å². The normalized spacial score (nSPS) is 19.3. The third-order valence-electron chi connectivity index (χ3n) is 6.75. The summed E-state index contributed by atoms with van der Waals surface area (Å²) in [7, 11) is 0. The lowest BCUT2D eigenvalue weighted by Gasteiger charge is -2.28. The van der Waals surface area contributed by atoms with Gasteiger partial charge in [-0.05, 0) is 30.9 Å². The van der Waals surface area contributed by atoms with Crippen LogP contribution in [0.15, 0.2) is 60.7 Å². The molecule has 5 atom stereocenters. The lowest BCUT2D eigenvalue weighted by atomic mass is 9.89. The molecule has 9 nitrogen and oxygen atoms in total. The zero-order valence-corrected chi connectivity index (χ0v) is 22.4. The minimum atomic E-state index is -0.971. The number of ketones is 1. The number of nitrogens with one attached hydrogen (secondary N) is 3. The monoisotopic (exact) mass is 523 g/mol. The van der Waals surface area contributed by atoms with E-state index < -0.39 is 41.6 Å². The van der Waals surface area contributed by atoms with Crippen molar-refractivity contribution in [1.82, 2.24) is 16.0 Å². The maximum atomic E-state index is 13.4. The van der Waals surface area contributed by atoms with E-state index in [1.807, 2.05) is 74.5 Å². The summed E-state index contributed by atoms with van der Waals surface area (Å²) >= 11 is 0. The lowest BCUT2D eigenvalue weighted by molar-refractivity contribution is -0.134. The topological polar surface area (TPSA) is 126 Å². The first-order valence-corrected chi connectivity index (χ1v) is 12.9. The summed E-state index contributed by atoms with van der Waals surface area (Å²) in [5.74, 6) is -1.34. The van der Waals surface area contributed by atoms with E-state index in [4.69, 9.17) is 9.47 Å². The maximum Gasteiger partial charge on any atom is 0.408 e. The molecule has 204 valence electrons. The van der Waals surface area contributed by atoms with E-state index in [1.54, 1.807) is 6.92 Å². The number of ether oxygens (including phenoxy) is 2. The Hall–Kier alpha value is -3.72. The van der Waals surface area contributed by atoms with Gasteiger partial charge in [-0.2, -0.15) is 0 Å². The summed E-state index contributed by atoms with van der Waals surface area (Å²) < 4.78 is 10.5. The lowest BCUT2D eigenvalue weighted by Crippen LogP contribution is -2.58. The van der Waals surface area contributed by atoms with Gasteiger partial charge in [-0.15, -0.1) is 0 Å². The summed E-state index contributed by atoms with van der Waals surface area (Å²) in [5.41, 5.74) is 0.757. The molecular formula is C29H37N3O6. The highest BCUT2D eigenvalue weighted by atomic mass is 16.6. The third kappa shape index (κ3) is 8.14. The first-order chi connectivity index (χ1) is 18.1. The molecule has 1 fully saturated rings. The number of amides is 3. The van der Waals surface area contributed by atoms with Crippen LogP contribution in [0.5, 0.6) is 0 Å². The Labute approximate surface area is 223 Å². The van der Waals surface area contributed by atoms with Gasteiger partial charge in [0, 0.05) is 6.42 Å². The minimum absolute atomic E-state index is 0.0632.